The second-order valence-corrected chi connectivity index (χ2v) is 10.1. The lowest BCUT2D eigenvalue weighted by atomic mass is 9.85. The number of hydrogen-bond donors (Lipinski definition) is 2. The van der Waals surface area contributed by atoms with Gasteiger partial charge in [0.1, 0.15) is 34.9 Å². The molecule has 0 aromatic heterocycles. The average Bonchev–Trinajstić information content (AvgIpc) is 2.97. The number of rotatable bonds is 2. The summed E-state index contributed by atoms with van der Waals surface area (Å²) in [7, 11) is 0. The van der Waals surface area contributed by atoms with Crippen LogP contribution in [0.2, 0.25) is 0 Å². The molecule has 5 rings (SSSR count). The van der Waals surface area contributed by atoms with Crippen LogP contribution >= 0.6 is 0 Å². The molecular formula is C28H23F5N2O3. The van der Waals surface area contributed by atoms with Crippen molar-refractivity contribution in [2.24, 2.45) is 5.41 Å². The topological polar surface area (TPSA) is 61.8 Å². The number of nitrogens with one attached hydrogen (secondary N) is 1. The fourth-order valence-electron chi connectivity index (χ4n) is 4.79. The number of alkyl halides is 3. The largest absolute Gasteiger partial charge is 0.506 e. The summed E-state index contributed by atoms with van der Waals surface area (Å²) in [6, 6.07) is 10.1. The van der Waals surface area contributed by atoms with Crippen molar-refractivity contribution < 1.29 is 36.6 Å². The number of allylic oxidation sites excluding steroid dienone is 1. The van der Waals surface area contributed by atoms with Gasteiger partial charge in [-0.1, -0.05) is 38.1 Å². The van der Waals surface area contributed by atoms with Crippen molar-refractivity contribution in [3.63, 3.8) is 0 Å². The molecule has 0 saturated carbocycles. The van der Waals surface area contributed by atoms with Gasteiger partial charge in [-0.25, -0.2) is 8.78 Å². The summed E-state index contributed by atoms with van der Waals surface area (Å²) in [5, 5.41) is 13.8. The number of fused-ring (bicyclic) bond motifs is 1. The van der Waals surface area contributed by atoms with E-state index in [4.69, 9.17) is 4.74 Å². The van der Waals surface area contributed by atoms with Crippen molar-refractivity contribution >= 4 is 17.3 Å². The summed E-state index contributed by atoms with van der Waals surface area (Å²) < 4.78 is 76.4. The van der Waals surface area contributed by atoms with Crippen molar-refractivity contribution in [2.75, 3.05) is 16.8 Å². The first-order valence-corrected chi connectivity index (χ1v) is 11.8. The van der Waals surface area contributed by atoms with Gasteiger partial charge in [0.25, 0.3) is 5.91 Å². The smallest absolute Gasteiger partial charge is 0.416 e. The van der Waals surface area contributed by atoms with E-state index in [0.29, 0.717) is 18.2 Å². The second-order valence-electron chi connectivity index (χ2n) is 10.1. The van der Waals surface area contributed by atoms with Crippen molar-refractivity contribution in [3.05, 3.63) is 100 Å². The van der Waals surface area contributed by atoms with E-state index >= 15 is 4.39 Å². The molecular weight excluding hydrogens is 507 g/mol. The van der Waals surface area contributed by atoms with Crippen LogP contribution in [0, 0.1) is 17.0 Å². The van der Waals surface area contributed by atoms with Gasteiger partial charge in [0.05, 0.1) is 29.1 Å². The molecule has 3 aromatic carbocycles. The standard InChI is InChI=1S/C28H23F5N2O3/c1-27(2)13-20-25(38-14-27)24(16-11-10-15(12-19(16)30)28(31,32)33)35(21-8-5-9-22(36)23(21)34-20)26(37)17-6-3-4-7-18(17)29/h3-12,24,34,36H,13-14H2,1-2H3. The number of ether oxygens (including phenoxy) is 1. The Morgan fingerprint density at radius 2 is 1.79 bits per heavy atom. The first-order chi connectivity index (χ1) is 17.9. The van der Waals surface area contributed by atoms with Crippen LogP contribution in [-0.4, -0.2) is 17.6 Å². The average molecular weight is 530 g/mol. The van der Waals surface area contributed by atoms with Gasteiger partial charge in [-0.2, -0.15) is 13.2 Å². The third-order valence-electron chi connectivity index (χ3n) is 6.58. The van der Waals surface area contributed by atoms with Gasteiger partial charge < -0.3 is 15.2 Å². The predicted molar refractivity (Wildman–Crippen MR) is 130 cm³/mol. The normalized spacial score (nSPS) is 18.6. The zero-order valence-corrected chi connectivity index (χ0v) is 20.4. The number of para-hydroxylation sites is 1. The highest BCUT2D eigenvalue weighted by molar-refractivity contribution is 6.09. The Morgan fingerprint density at radius 1 is 1.05 bits per heavy atom. The fraction of sp³-hybridized carbons (Fsp3) is 0.250. The zero-order chi connectivity index (χ0) is 27.4. The summed E-state index contributed by atoms with van der Waals surface area (Å²) in [5.74, 6) is -3.12. The monoisotopic (exact) mass is 530 g/mol. The molecule has 2 heterocycles. The Bertz CT molecular complexity index is 1470. The van der Waals surface area contributed by atoms with Crippen LogP contribution in [-0.2, 0) is 10.9 Å². The molecule has 1 unspecified atom stereocenters. The van der Waals surface area contributed by atoms with Gasteiger partial charge in [-0.05, 0) is 42.8 Å². The van der Waals surface area contributed by atoms with Crippen molar-refractivity contribution in [3.8, 4) is 5.75 Å². The van der Waals surface area contributed by atoms with E-state index in [9.17, 15) is 27.5 Å². The zero-order valence-electron chi connectivity index (χ0n) is 20.4. The molecule has 0 radical (unpaired) electrons. The van der Waals surface area contributed by atoms with Crippen molar-refractivity contribution in [1.82, 2.24) is 0 Å². The lowest BCUT2D eigenvalue weighted by molar-refractivity contribution is -0.137. The van der Waals surface area contributed by atoms with Gasteiger partial charge in [0.2, 0.25) is 0 Å². The highest BCUT2D eigenvalue weighted by Crippen LogP contribution is 2.50. The molecule has 2 aliphatic heterocycles. The van der Waals surface area contributed by atoms with Crippen LogP contribution in [0.3, 0.4) is 0 Å². The summed E-state index contributed by atoms with van der Waals surface area (Å²) in [6.07, 6.45) is -4.43. The number of nitrogens with zero attached hydrogens (tertiary/aromatic N) is 1. The Kier molecular flexibility index (Phi) is 6.08. The molecule has 0 fully saturated rings. The maximum atomic E-state index is 15.5. The maximum Gasteiger partial charge on any atom is 0.416 e. The fourth-order valence-corrected chi connectivity index (χ4v) is 4.79. The van der Waals surface area contributed by atoms with E-state index < -0.39 is 40.7 Å². The first kappa shape index (κ1) is 25.6. The van der Waals surface area contributed by atoms with E-state index in [1.165, 1.54) is 36.4 Å². The van der Waals surface area contributed by atoms with Crippen LogP contribution in [0.4, 0.5) is 33.3 Å². The number of benzene rings is 3. The molecule has 2 N–H and O–H groups in total. The Hall–Kier alpha value is -4.08. The molecule has 0 bridgehead atoms. The highest BCUT2D eigenvalue weighted by atomic mass is 19.4. The Morgan fingerprint density at radius 3 is 2.47 bits per heavy atom. The molecule has 0 aliphatic carbocycles. The molecule has 198 valence electrons. The van der Waals surface area contributed by atoms with E-state index in [1.807, 2.05) is 13.8 Å². The van der Waals surface area contributed by atoms with E-state index in [0.717, 1.165) is 23.1 Å². The number of amides is 1. The summed E-state index contributed by atoms with van der Waals surface area (Å²) in [4.78, 5) is 15.0. The van der Waals surface area contributed by atoms with Crippen LogP contribution in [0.15, 0.2) is 72.1 Å². The molecule has 10 heteroatoms. The Balaban J connectivity index is 1.81. The number of carbonyl (C=O) groups is 1. The molecule has 0 saturated heterocycles. The number of phenols is 1. The molecule has 1 atom stereocenters. The highest BCUT2D eigenvalue weighted by Gasteiger charge is 2.44. The SMILES string of the molecule is CC1(C)COC2=C(C1)Nc1c(O)cccc1N(C(=O)c1ccccc1F)C2c1ccc(C(F)(F)F)cc1F. The van der Waals surface area contributed by atoms with Gasteiger partial charge >= 0.3 is 6.18 Å². The van der Waals surface area contributed by atoms with E-state index in [2.05, 4.69) is 5.32 Å². The van der Waals surface area contributed by atoms with Gasteiger partial charge in [0, 0.05) is 11.0 Å². The molecule has 0 spiro atoms. The summed E-state index contributed by atoms with van der Waals surface area (Å²) in [6.45, 7) is 4.01. The van der Waals surface area contributed by atoms with Crippen molar-refractivity contribution in [1.29, 1.82) is 0 Å². The lowest BCUT2D eigenvalue weighted by Crippen LogP contribution is -2.39. The third kappa shape index (κ3) is 4.44. The summed E-state index contributed by atoms with van der Waals surface area (Å²) >= 11 is 0. The molecule has 38 heavy (non-hydrogen) atoms. The van der Waals surface area contributed by atoms with Crippen molar-refractivity contribution in [2.45, 2.75) is 32.5 Å². The van der Waals surface area contributed by atoms with Gasteiger partial charge in [-0.15, -0.1) is 0 Å². The minimum Gasteiger partial charge on any atom is -0.506 e. The van der Waals surface area contributed by atoms with Gasteiger partial charge in [0.15, 0.2) is 0 Å². The van der Waals surface area contributed by atoms with Gasteiger partial charge in [-0.3, -0.25) is 9.69 Å². The molecule has 5 nitrogen and oxygen atoms in total. The lowest BCUT2D eigenvalue weighted by Gasteiger charge is -2.38. The van der Waals surface area contributed by atoms with E-state index in [-0.39, 0.29) is 40.6 Å². The predicted octanol–water partition coefficient (Wildman–Crippen LogP) is 7.16. The molecule has 1 amide bonds. The summed E-state index contributed by atoms with van der Waals surface area (Å²) in [5.41, 5.74) is -1.65. The van der Waals surface area contributed by atoms with Crippen LogP contribution in [0.5, 0.6) is 5.75 Å². The Labute approximate surface area is 215 Å². The number of halogens is 5. The van der Waals surface area contributed by atoms with Crippen LogP contribution < -0.4 is 10.2 Å². The quantitative estimate of drug-likeness (QED) is 0.273. The van der Waals surface area contributed by atoms with Crippen LogP contribution in [0.1, 0.15) is 47.8 Å². The first-order valence-electron chi connectivity index (χ1n) is 11.8. The second kappa shape index (κ2) is 9.04. The third-order valence-corrected chi connectivity index (χ3v) is 6.58. The minimum absolute atomic E-state index is 0.0679. The number of carbonyl (C=O) groups excluding carboxylic acids is 1. The maximum absolute atomic E-state index is 15.5. The molecule has 2 aliphatic rings. The number of anilines is 2. The minimum atomic E-state index is -4.79. The van der Waals surface area contributed by atoms with E-state index in [1.54, 1.807) is 0 Å². The number of hydrogen-bond acceptors (Lipinski definition) is 4. The van der Waals surface area contributed by atoms with Crippen LogP contribution in [0.25, 0.3) is 0 Å². The number of aromatic hydroxyl groups is 1. The number of phenolic OH excluding ortho intramolecular Hbond substituents is 1. The molecule has 3 aromatic rings.